The van der Waals surface area contributed by atoms with E-state index in [0.717, 1.165) is 12.8 Å². The maximum absolute atomic E-state index is 12.2. The molecule has 0 bridgehead atoms. The van der Waals surface area contributed by atoms with E-state index in [1.165, 1.54) is 0 Å². The lowest BCUT2D eigenvalue weighted by Gasteiger charge is -2.34. The van der Waals surface area contributed by atoms with E-state index in [-0.39, 0.29) is 12.1 Å². The Morgan fingerprint density at radius 3 is 2.84 bits per heavy atom. The quantitative estimate of drug-likeness (QED) is 0.626. The van der Waals surface area contributed by atoms with Gasteiger partial charge in [0.15, 0.2) is 11.8 Å². The molecular weight excluding hydrogens is 324 g/mol. The van der Waals surface area contributed by atoms with Gasteiger partial charge in [-0.05, 0) is 33.6 Å². The summed E-state index contributed by atoms with van der Waals surface area (Å²) >= 11 is 0. The smallest absolute Gasteiger partial charge is 0.410 e. The number of guanidine groups is 1. The summed E-state index contributed by atoms with van der Waals surface area (Å²) < 4.78 is 10.4. The van der Waals surface area contributed by atoms with Gasteiger partial charge in [-0.3, -0.25) is 4.99 Å². The summed E-state index contributed by atoms with van der Waals surface area (Å²) in [6.07, 6.45) is 1.60. The van der Waals surface area contributed by atoms with Crippen molar-refractivity contribution in [2.75, 3.05) is 20.1 Å². The van der Waals surface area contributed by atoms with E-state index in [4.69, 9.17) is 9.26 Å². The summed E-state index contributed by atoms with van der Waals surface area (Å²) in [6.45, 7) is 9.07. The Kier molecular flexibility index (Phi) is 6.22. The Hall–Kier alpha value is -2.32. The lowest BCUT2D eigenvalue weighted by molar-refractivity contribution is 0.0193. The van der Waals surface area contributed by atoms with Crippen molar-refractivity contribution in [1.82, 2.24) is 25.7 Å². The van der Waals surface area contributed by atoms with Crippen LogP contribution in [-0.2, 0) is 11.3 Å². The van der Waals surface area contributed by atoms with Crippen molar-refractivity contribution in [2.45, 2.75) is 58.7 Å². The highest BCUT2D eigenvalue weighted by molar-refractivity contribution is 5.80. The van der Waals surface area contributed by atoms with Crippen molar-refractivity contribution in [1.29, 1.82) is 0 Å². The fourth-order valence-corrected chi connectivity index (χ4v) is 2.55. The molecule has 0 spiro atoms. The van der Waals surface area contributed by atoms with Gasteiger partial charge in [0.2, 0.25) is 5.89 Å². The van der Waals surface area contributed by atoms with Crippen molar-refractivity contribution in [3.8, 4) is 0 Å². The summed E-state index contributed by atoms with van der Waals surface area (Å²) in [7, 11) is 1.70. The first-order valence-corrected chi connectivity index (χ1v) is 8.51. The van der Waals surface area contributed by atoms with E-state index in [1.807, 2.05) is 20.8 Å². The van der Waals surface area contributed by atoms with Crippen LogP contribution in [0.25, 0.3) is 0 Å². The van der Waals surface area contributed by atoms with Gasteiger partial charge in [-0.2, -0.15) is 4.98 Å². The number of aryl methyl sites for hydroxylation is 1. The number of amides is 1. The summed E-state index contributed by atoms with van der Waals surface area (Å²) in [5.41, 5.74) is -0.488. The number of aromatic nitrogens is 2. The van der Waals surface area contributed by atoms with Gasteiger partial charge in [0.1, 0.15) is 5.60 Å². The van der Waals surface area contributed by atoms with E-state index in [9.17, 15) is 4.79 Å². The second-order valence-corrected chi connectivity index (χ2v) is 7.07. The largest absolute Gasteiger partial charge is 0.444 e. The molecule has 2 N–H and O–H groups in total. The number of carbonyl (C=O) groups is 1. The number of ether oxygens (including phenoxy) is 1. The van der Waals surface area contributed by atoms with Crippen molar-refractivity contribution < 1.29 is 14.1 Å². The zero-order valence-corrected chi connectivity index (χ0v) is 15.6. The number of nitrogens with one attached hydrogen (secondary N) is 2. The Bertz CT molecular complexity index is 607. The van der Waals surface area contributed by atoms with Gasteiger partial charge in [-0.15, -0.1) is 0 Å². The van der Waals surface area contributed by atoms with E-state index >= 15 is 0 Å². The van der Waals surface area contributed by atoms with Gasteiger partial charge in [0.05, 0.1) is 6.54 Å². The first-order chi connectivity index (χ1) is 11.8. The zero-order chi connectivity index (χ0) is 18.4. The minimum Gasteiger partial charge on any atom is -0.444 e. The summed E-state index contributed by atoms with van der Waals surface area (Å²) in [4.78, 5) is 22.3. The average Bonchev–Trinajstić information content (AvgIpc) is 2.95. The molecule has 1 aliphatic rings. The van der Waals surface area contributed by atoms with Gasteiger partial charge in [-0.25, -0.2) is 4.79 Å². The van der Waals surface area contributed by atoms with Crippen LogP contribution in [0.4, 0.5) is 4.79 Å². The molecular formula is C16H28N6O3. The third-order valence-electron chi connectivity index (χ3n) is 3.62. The Morgan fingerprint density at radius 1 is 1.48 bits per heavy atom. The number of hydrogen-bond donors (Lipinski definition) is 2. The van der Waals surface area contributed by atoms with Crippen LogP contribution in [0.15, 0.2) is 9.52 Å². The van der Waals surface area contributed by atoms with Gasteiger partial charge < -0.3 is 24.8 Å². The van der Waals surface area contributed by atoms with Crippen LogP contribution in [0.1, 0.15) is 45.3 Å². The molecule has 1 fully saturated rings. The molecule has 0 radical (unpaired) electrons. The Morgan fingerprint density at radius 2 is 2.24 bits per heavy atom. The molecule has 2 heterocycles. The van der Waals surface area contributed by atoms with Gasteiger partial charge in [0.25, 0.3) is 0 Å². The number of piperidine rings is 1. The highest BCUT2D eigenvalue weighted by Crippen LogP contribution is 2.15. The lowest BCUT2D eigenvalue weighted by Crippen LogP contribution is -2.53. The van der Waals surface area contributed by atoms with E-state index < -0.39 is 5.60 Å². The average molecular weight is 352 g/mol. The fourth-order valence-electron chi connectivity index (χ4n) is 2.55. The minimum atomic E-state index is -0.488. The number of carbonyl (C=O) groups excluding carboxylic acids is 1. The van der Waals surface area contributed by atoms with Crippen molar-refractivity contribution >= 4 is 12.1 Å². The SMILES string of the molecule is CN=C(NCc1noc(C)n1)NC1CCCN(C(=O)OC(C)(C)C)C1. The molecule has 25 heavy (non-hydrogen) atoms. The maximum atomic E-state index is 12.2. The predicted octanol–water partition coefficient (Wildman–Crippen LogP) is 1.44. The monoisotopic (exact) mass is 352 g/mol. The van der Waals surface area contributed by atoms with Crippen LogP contribution in [0.3, 0.4) is 0 Å². The number of aliphatic imine (C=N–C) groups is 1. The number of nitrogens with zero attached hydrogens (tertiary/aromatic N) is 4. The molecule has 1 unspecified atom stereocenters. The number of likely N-dealkylation sites (tertiary alicyclic amines) is 1. The Labute approximate surface area is 148 Å². The molecule has 0 aliphatic carbocycles. The summed E-state index contributed by atoms with van der Waals surface area (Å²) in [5, 5.41) is 10.3. The highest BCUT2D eigenvalue weighted by Gasteiger charge is 2.28. The fraction of sp³-hybridized carbons (Fsp3) is 0.750. The second-order valence-electron chi connectivity index (χ2n) is 7.07. The van der Waals surface area contributed by atoms with Crippen LogP contribution in [0.5, 0.6) is 0 Å². The van der Waals surface area contributed by atoms with Crippen LogP contribution in [-0.4, -0.2) is 58.9 Å². The molecule has 1 aromatic rings. The lowest BCUT2D eigenvalue weighted by atomic mass is 10.1. The topological polar surface area (TPSA) is 105 Å². The third kappa shape index (κ3) is 6.24. The summed E-state index contributed by atoms with van der Waals surface area (Å²) in [5.74, 6) is 1.73. The van der Waals surface area contributed by atoms with Gasteiger partial charge in [-0.1, -0.05) is 5.16 Å². The number of rotatable bonds is 3. The molecule has 0 aromatic carbocycles. The van der Waals surface area contributed by atoms with E-state index in [1.54, 1.807) is 18.9 Å². The van der Waals surface area contributed by atoms with E-state index in [2.05, 4.69) is 25.8 Å². The molecule has 9 heteroatoms. The Balaban J connectivity index is 1.84. The minimum absolute atomic E-state index is 0.111. The van der Waals surface area contributed by atoms with E-state index in [0.29, 0.717) is 37.3 Å². The first kappa shape index (κ1) is 19.0. The standard InChI is InChI=1S/C16H28N6O3/c1-11-19-13(21-25-11)9-18-14(17-5)20-12-7-6-8-22(10-12)15(23)24-16(2,3)4/h12H,6-10H2,1-5H3,(H2,17,18,20). The van der Waals surface area contributed by atoms with Gasteiger partial charge >= 0.3 is 6.09 Å². The highest BCUT2D eigenvalue weighted by atomic mass is 16.6. The first-order valence-electron chi connectivity index (χ1n) is 8.51. The molecule has 9 nitrogen and oxygen atoms in total. The van der Waals surface area contributed by atoms with Crippen LogP contribution >= 0.6 is 0 Å². The number of hydrogen-bond acceptors (Lipinski definition) is 6. The van der Waals surface area contributed by atoms with Crippen molar-refractivity contribution in [2.24, 2.45) is 4.99 Å². The zero-order valence-electron chi connectivity index (χ0n) is 15.6. The van der Waals surface area contributed by atoms with Crippen LogP contribution in [0.2, 0.25) is 0 Å². The van der Waals surface area contributed by atoms with Crippen molar-refractivity contribution in [3.63, 3.8) is 0 Å². The molecule has 1 aromatic heterocycles. The second kappa shape index (κ2) is 8.17. The molecule has 140 valence electrons. The molecule has 2 rings (SSSR count). The molecule has 1 atom stereocenters. The van der Waals surface area contributed by atoms with Crippen LogP contribution in [0, 0.1) is 6.92 Å². The van der Waals surface area contributed by atoms with Crippen molar-refractivity contribution in [3.05, 3.63) is 11.7 Å². The van der Waals surface area contributed by atoms with Gasteiger partial charge in [0, 0.05) is 33.1 Å². The molecule has 1 aliphatic heterocycles. The molecule has 1 saturated heterocycles. The normalized spacial score (nSPS) is 18.8. The molecule has 1 amide bonds. The third-order valence-corrected chi connectivity index (χ3v) is 3.62. The predicted molar refractivity (Wildman–Crippen MR) is 93.2 cm³/mol. The molecule has 0 saturated carbocycles. The maximum Gasteiger partial charge on any atom is 0.410 e. The summed E-state index contributed by atoms with van der Waals surface area (Å²) in [6, 6.07) is 0.111. The van der Waals surface area contributed by atoms with Crippen LogP contribution < -0.4 is 10.6 Å².